The maximum Gasteiger partial charge on any atom is 0.131 e. The number of carbonyl (C=O) groups excluding carboxylic acids is 1. The van der Waals surface area contributed by atoms with Crippen LogP contribution in [0.3, 0.4) is 0 Å². The van der Waals surface area contributed by atoms with Crippen LogP contribution in [0.4, 0.5) is 4.79 Å². The highest BCUT2D eigenvalue weighted by molar-refractivity contribution is 5.58. The fraction of sp³-hybridized carbons (Fsp3) is 0.933. The van der Waals surface area contributed by atoms with Crippen molar-refractivity contribution in [1.82, 2.24) is 0 Å². The third kappa shape index (κ3) is 31.7. The van der Waals surface area contributed by atoms with Crippen LogP contribution >= 0.6 is 0 Å². The normalized spacial score (nSPS) is 9.79. The molecule has 1 amide bonds. The molecule has 0 unspecified atom stereocenters. The Morgan fingerprint density at radius 2 is 1.16 bits per heavy atom. The van der Waals surface area contributed by atoms with Crippen LogP contribution < -0.4 is 16.2 Å². The summed E-state index contributed by atoms with van der Waals surface area (Å²) in [6, 6.07) is 0. The van der Waals surface area contributed by atoms with E-state index in [1.54, 1.807) is 0 Å². The van der Waals surface area contributed by atoms with Crippen molar-refractivity contribution in [3.05, 3.63) is 0 Å². The van der Waals surface area contributed by atoms with Crippen LogP contribution in [-0.2, 0) is 0 Å². The molecule has 0 fully saturated rings. The van der Waals surface area contributed by atoms with E-state index in [2.05, 4.69) is 24.9 Å². The van der Waals surface area contributed by atoms with Crippen molar-refractivity contribution in [2.24, 2.45) is 5.73 Å². The molecule has 0 radical (unpaired) electrons. The van der Waals surface area contributed by atoms with Gasteiger partial charge in [0.15, 0.2) is 0 Å². The molecule has 0 aliphatic carbocycles. The van der Waals surface area contributed by atoms with E-state index in [0.717, 1.165) is 0 Å². The minimum Gasteiger partial charge on any atom is -0.530 e. The second kappa shape index (κ2) is 19.6. The highest BCUT2D eigenvalue weighted by atomic mass is 16.4. The Morgan fingerprint density at radius 3 is 1.47 bits per heavy atom. The summed E-state index contributed by atoms with van der Waals surface area (Å²) in [4.78, 5) is 8.67. The number of quaternary nitrogens is 1. The van der Waals surface area contributed by atoms with Gasteiger partial charge in [-0.15, -0.1) is 0 Å². The summed E-state index contributed by atoms with van der Waals surface area (Å²) in [7, 11) is 0. The second-order valence-electron chi connectivity index (χ2n) is 5.01. The molecule has 0 saturated heterocycles. The summed E-state index contributed by atoms with van der Waals surface area (Å²) in [6.45, 7) is 7.28. The zero-order valence-electron chi connectivity index (χ0n) is 13.0. The lowest BCUT2D eigenvalue weighted by Crippen LogP contribution is -2.84. The summed E-state index contributed by atoms with van der Waals surface area (Å²) < 4.78 is 0. The molecule has 0 aromatic carbocycles. The van der Waals surface area contributed by atoms with Gasteiger partial charge in [0.25, 0.3) is 0 Å². The third-order valence-electron chi connectivity index (χ3n) is 3.02. The van der Waals surface area contributed by atoms with Crippen molar-refractivity contribution in [1.29, 1.82) is 0 Å². The zero-order chi connectivity index (χ0) is 14.8. The largest absolute Gasteiger partial charge is 0.530 e. The number of hydrogen-bond donors (Lipinski definition) is 2. The molecule has 0 aliphatic rings. The molecule has 4 heteroatoms. The van der Waals surface area contributed by atoms with E-state index in [0.29, 0.717) is 0 Å². The van der Waals surface area contributed by atoms with E-state index in [1.165, 1.54) is 77.3 Å². The van der Waals surface area contributed by atoms with Crippen LogP contribution in [0.5, 0.6) is 0 Å². The molecule has 0 aromatic heterocycles. The molecule has 116 valence electrons. The van der Waals surface area contributed by atoms with Gasteiger partial charge in [-0.1, -0.05) is 52.4 Å². The molecular weight excluding hydrogens is 240 g/mol. The fourth-order valence-corrected chi connectivity index (χ4v) is 1.93. The number of carboxylic acid groups (broad SMARTS) is 1. The number of hydrogen-bond acceptors (Lipinski definition) is 2. The molecule has 0 spiro atoms. The average Bonchev–Trinajstić information content (AvgIpc) is 2.35. The molecule has 0 aliphatic heterocycles. The Morgan fingerprint density at radius 1 is 0.842 bits per heavy atom. The van der Waals surface area contributed by atoms with Crippen LogP contribution in [-0.4, -0.2) is 19.2 Å². The van der Waals surface area contributed by atoms with Gasteiger partial charge < -0.3 is 21.0 Å². The second-order valence-corrected chi connectivity index (χ2v) is 5.01. The van der Waals surface area contributed by atoms with E-state index in [4.69, 9.17) is 9.90 Å². The van der Waals surface area contributed by atoms with Crippen molar-refractivity contribution in [3.63, 3.8) is 0 Å². The number of nitrogens with two attached hydrogens (primary N) is 2. The minimum atomic E-state index is -1.58. The van der Waals surface area contributed by atoms with Gasteiger partial charge in [-0.05, 0) is 25.7 Å². The quantitative estimate of drug-likeness (QED) is 0.532. The van der Waals surface area contributed by atoms with Gasteiger partial charge in [0.2, 0.25) is 0 Å². The predicted octanol–water partition coefficient (Wildman–Crippen LogP) is 1.78. The molecule has 0 rings (SSSR count). The predicted molar refractivity (Wildman–Crippen MR) is 78.8 cm³/mol. The lowest BCUT2D eigenvalue weighted by atomic mass is 10.1. The number of amides is 1. The van der Waals surface area contributed by atoms with Gasteiger partial charge in [-0.25, -0.2) is 0 Å². The minimum absolute atomic E-state index is 1.36. The van der Waals surface area contributed by atoms with E-state index >= 15 is 0 Å². The molecule has 4 N–H and O–H groups in total. The lowest BCUT2D eigenvalue weighted by Gasteiger charge is -2.02. The molecule has 0 bridgehead atoms. The van der Waals surface area contributed by atoms with Crippen LogP contribution in [0.25, 0.3) is 0 Å². The van der Waals surface area contributed by atoms with E-state index in [9.17, 15) is 0 Å². The van der Waals surface area contributed by atoms with Gasteiger partial charge in [0.1, 0.15) is 6.09 Å². The first-order valence-corrected chi connectivity index (χ1v) is 7.93. The Hall–Kier alpha value is -0.770. The van der Waals surface area contributed by atoms with Crippen LogP contribution in [0.1, 0.15) is 78.1 Å². The summed E-state index contributed by atoms with van der Waals surface area (Å²) >= 11 is 0. The number of primary amides is 1. The van der Waals surface area contributed by atoms with Crippen molar-refractivity contribution >= 4 is 6.09 Å². The average molecular weight is 274 g/mol. The topological polar surface area (TPSA) is 82.8 Å². The Kier molecular flexibility index (Phi) is 21.2. The standard InChI is InChI=1S/C14H31N.CH3NO2/c1-3-5-7-9-11-13-15-14-12-10-8-6-4-2;2-1(3)4/h15H,3-14H2,1-2H3;2H2,(H,3,4). The van der Waals surface area contributed by atoms with E-state index < -0.39 is 6.09 Å². The monoisotopic (exact) mass is 274 g/mol. The van der Waals surface area contributed by atoms with E-state index in [-0.39, 0.29) is 0 Å². The first kappa shape index (κ1) is 20.5. The van der Waals surface area contributed by atoms with Gasteiger partial charge >= 0.3 is 0 Å². The van der Waals surface area contributed by atoms with Crippen molar-refractivity contribution < 1.29 is 15.2 Å². The maximum absolute atomic E-state index is 8.67. The first-order chi connectivity index (χ1) is 9.15. The highest BCUT2D eigenvalue weighted by Crippen LogP contribution is 2.01. The molecule has 0 atom stereocenters. The first-order valence-electron chi connectivity index (χ1n) is 7.93. The highest BCUT2D eigenvalue weighted by Gasteiger charge is 1.93. The third-order valence-corrected chi connectivity index (χ3v) is 3.02. The molecular formula is C15H34N2O2. The van der Waals surface area contributed by atoms with Gasteiger partial charge in [-0.2, -0.15) is 0 Å². The Bertz CT molecular complexity index is 160. The van der Waals surface area contributed by atoms with Gasteiger partial charge in [0.05, 0.1) is 13.1 Å². The van der Waals surface area contributed by atoms with Crippen molar-refractivity contribution in [2.75, 3.05) is 13.1 Å². The Labute approximate surface area is 119 Å². The molecule has 0 saturated carbocycles. The number of rotatable bonds is 12. The smallest absolute Gasteiger partial charge is 0.131 e. The molecule has 0 aromatic rings. The SMILES string of the molecule is CCCCCCC[NH2+]CCCCCCC.NC(=O)[O-]. The van der Waals surface area contributed by atoms with Crippen LogP contribution in [0.15, 0.2) is 0 Å². The number of unbranched alkanes of at least 4 members (excludes halogenated alkanes) is 8. The molecule has 0 heterocycles. The summed E-state index contributed by atoms with van der Waals surface area (Å²) in [5.74, 6) is 0. The lowest BCUT2D eigenvalue weighted by molar-refractivity contribution is -0.655. The summed E-state index contributed by atoms with van der Waals surface area (Å²) in [6.07, 6.45) is 12.6. The maximum atomic E-state index is 8.67. The zero-order valence-corrected chi connectivity index (χ0v) is 13.0. The fourth-order valence-electron chi connectivity index (χ4n) is 1.93. The van der Waals surface area contributed by atoms with Gasteiger partial charge in [0, 0.05) is 0 Å². The number of carbonyl (C=O) groups is 1. The van der Waals surface area contributed by atoms with Crippen molar-refractivity contribution in [2.45, 2.75) is 78.1 Å². The summed E-state index contributed by atoms with van der Waals surface area (Å²) in [5.41, 5.74) is 3.92. The summed E-state index contributed by atoms with van der Waals surface area (Å²) in [5, 5.41) is 11.2. The van der Waals surface area contributed by atoms with Crippen LogP contribution in [0, 0.1) is 0 Å². The van der Waals surface area contributed by atoms with Gasteiger partial charge in [-0.3, -0.25) is 0 Å². The molecule has 19 heavy (non-hydrogen) atoms. The van der Waals surface area contributed by atoms with Crippen LogP contribution in [0.2, 0.25) is 0 Å². The Balaban J connectivity index is 0. The van der Waals surface area contributed by atoms with Crippen molar-refractivity contribution in [3.8, 4) is 0 Å². The molecule has 4 nitrogen and oxygen atoms in total. The van der Waals surface area contributed by atoms with E-state index in [1.807, 2.05) is 0 Å².